The van der Waals surface area contributed by atoms with E-state index in [9.17, 15) is 4.79 Å². The fraction of sp³-hybridized carbons (Fsp3) is 0.208. The average molecular weight is 359 g/mol. The minimum Gasteiger partial charge on any atom is -0.461 e. The zero-order chi connectivity index (χ0) is 19.2. The predicted octanol–water partition coefficient (Wildman–Crippen LogP) is 6.23. The molecule has 0 aliphatic carbocycles. The molecule has 0 aliphatic rings. The second kappa shape index (κ2) is 8.54. The summed E-state index contributed by atoms with van der Waals surface area (Å²) in [7, 11) is 0. The largest absolute Gasteiger partial charge is 0.461 e. The minimum absolute atomic E-state index is 0.181. The molecule has 3 rings (SSSR count). The number of carbonyl (C=O) groups excluding carboxylic acids is 1. The quantitative estimate of drug-likeness (QED) is 0.489. The van der Waals surface area contributed by atoms with Crippen LogP contribution in [-0.4, -0.2) is 5.97 Å². The second-order valence-corrected chi connectivity index (χ2v) is 6.69. The fourth-order valence-electron chi connectivity index (χ4n) is 2.84. The Bertz CT molecular complexity index is 836. The molecule has 0 unspecified atom stereocenters. The number of carbonyl (C=O) groups is 1. The average Bonchev–Trinajstić information content (AvgIpc) is 2.70. The normalized spacial score (nSPS) is 10.5. The maximum atomic E-state index is 11.4. The van der Waals surface area contributed by atoms with Crippen molar-refractivity contribution in [2.24, 2.45) is 0 Å². The van der Waals surface area contributed by atoms with Gasteiger partial charge in [0.1, 0.15) is 6.61 Å². The first-order valence-electron chi connectivity index (χ1n) is 9.25. The summed E-state index contributed by atoms with van der Waals surface area (Å²) in [5.41, 5.74) is 6.72. The smallest absolute Gasteiger partial charge is 0.305 e. The van der Waals surface area contributed by atoms with Crippen molar-refractivity contribution in [3.8, 4) is 0 Å². The van der Waals surface area contributed by atoms with Crippen molar-refractivity contribution in [3.05, 3.63) is 89.5 Å². The van der Waals surface area contributed by atoms with Gasteiger partial charge in [0.15, 0.2) is 0 Å². The molecule has 0 saturated heterocycles. The molecule has 0 aliphatic heterocycles. The molecule has 0 radical (unpaired) electrons. The van der Waals surface area contributed by atoms with Crippen LogP contribution in [0.3, 0.4) is 0 Å². The Kier molecular flexibility index (Phi) is 5.92. The molecule has 0 amide bonds. The molecule has 0 heterocycles. The Labute approximate surface area is 161 Å². The van der Waals surface area contributed by atoms with Crippen LogP contribution in [0.4, 0.5) is 17.1 Å². The van der Waals surface area contributed by atoms with Crippen LogP contribution in [0.1, 0.15) is 30.0 Å². The van der Waals surface area contributed by atoms with Gasteiger partial charge in [0, 0.05) is 23.5 Å². The number of nitrogens with zero attached hydrogens (tertiary/aromatic N) is 1. The molecular formula is C24H25NO2. The third kappa shape index (κ3) is 4.76. The summed E-state index contributed by atoms with van der Waals surface area (Å²) in [6.45, 7) is 6.28. The van der Waals surface area contributed by atoms with Crippen LogP contribution < -0.4 is 4.90 Å². The number of aryl methyl sites for hydroxylation is 2. The maximum Gasteiger partial charge on any atom is 0.305 e. The van der Waals surface area contributed by atoms with Crippen molar-refractivity contribution in [2.75, 3.05) is 4.90 Å². The van der Waals surface area contributed by atoms with E-state index in [0.717, 1.165) is 22.6 Å². The maximum absolute atomic E-state index is 11.4. The van der Waals surface area contributed by atoms with Crippen LogP contribution in [0.15, 0.2) is 72.8 Å². The lowest BCUT2D eigenvalue weighted by molar-refractivity contribution is -0.144. The molecule has 0 bridgehead atoms. The molecule has 0 fully saturated rings. The van der Waals surface area contributed by atoms with Gasteiger partial charge in [0.25, 0.3) is 0 Å². The van der Waals surface area contributed by atoms with Gasteiger partial charge in [-0.2, -0.15) is 0 Å². The summed E-state index contributed by atoms with van der Waals surface area (Å²) in [5, 5.41) is 0. The molecular weight excluding hydrogens is 334 g/mol. The van der Waals surface area contributed by atoms with Gasteiger partial charge < -0.3 is 9.64 Å². The lowest BCUT2D eigenvalue weighted by Gasteiger charge is -2.26. The number of hydrogen-bond donors (Lipinski definition) is 0. The Balaban J connectivity index is 1.91. The molecule has 0 aromatic heterocycles. The molecule has 0 saturated carbocycles. The van der Waals surface area contributed by atoms with Gasteiger partial charge in [-0.05, 0) is 55.8 Å². The van der Waals surface area contributed by atoms with Crippen LogP contribution >= 0.6 is 0 Å². The Hall–Kier alpha value is -3.07. The SMILES string of the molecule is CCC(=O)OCc1ccc(N(c2ccc(C)cc2)c2ccc(C)cc2)cc1. The molecule has 0 atom stereocenters. The Morgan fingerprint density at radius 2 is 1.15 bits per heavy atom. The number of hydrogen-bond acceptors (Lipinski definition) is 3. The van der Waals surface area contributed by atoms with E-state index in [4.69, 9.17) is 4.74 Å². The van der Waals surface area contributed by atoms with Gasteiger partial charge in [0.2, 0.25) is 0 Å². The topological polar surface area (TPSA) is 29.5 Å². The van der Waals surface area contributed by atoms with E-state index in [1.165, 1.54) is 11.1 Å². The first kappa shape index (κ1) is 18.7. The highest BCUT2D eigenvalue weighted by atomic mass is 16.5. The van der Waals surface area contributed by atoms with Crippen LogP contribution in [-0.2, 0) is 16.1 Å². The minimum atomic E-state index is -0.181. The highest BCUT2D eigenvalue weighted by Gasteiger charge is 2.12. The Morgan fingerprint density at radius 3 is 1.56 bits per heavy atom. The zero-order valence-electron chi connectivity index (χ0n) is 16.1. The van der Waals surface area contributed by atoms with Gasteiger partial charge in [-0.25, -0.2) is 0 Å². The van der Waals surface area contributed by atoms with Gasteiger partial charge in [-0.1, -0.05) is 54.4 Å². The summed E-state index contributed by atoms with van der Waals surface area (Å²) in [5.74, 6) is -0.181. The molecule has 27 heavy (non-hydrogen) atoms. The molecule has 3 aromatic carbocycles. The van der Waals surface area contributed by atoms with Crippen molar-refractivity contribution in [3.63, 3.8) is 0 Å². The second-order valence-electron chi connectivity index (χ2n) is 6.69. The molecule has 138 valence electrons. The lowest BCUT2D eigenvalue weighted by Crippen LogP contribution is -2.10. The number of anilines is 3. The summed E-state index contributed by atoms with van der Waals surface area (Å²) >= 11 is 0. The summed E-state index contributed by atoms with van der Waals surface area (Å²) in [6.07, 6.45) is 0.396. The van der Waals surface area contributed by atoms with E-state index in [1.807, 2.05) is 12.1 Å². The third-order valence-corrected chi connectivity index (χ3v) is 4.47. The van der Waals surface area contributed by atoms with Crippen molar-refractivity contribution < 1.29 is 9.53 Å². The van der Waals surface area contributed by atoms with E-state index in [0.29, 0.717) is 13.0 Å². The van der Waals surface area contributed by atoms with Gasteiger partial charge in [0.05, 0.1) is 0 Å². The molecule has 3 nitrogen and oxygen atoms in total. The molecule has 0 N–H and O–H groups in total. The van der Waals surface area contributed by atoms with Crippen LogP contribution in [0, 0.1) is 13.8 Å². The van der Waals surface area contributed by atoms with E-state index >= 15 is 0 Å². The van der Waals surface area contributed by atoms with Crippen molar-refractivity contribution in [1.82, 2.24) is 0 Å². The van der Waals surface area contributed by atoms with E-state index in [-0.39, 0.29) is 5.97 Å². The van der Waals surface area contributed by atoms with Gasteiger partial charge >= 0.3 is 5.97 Å². The van der Waals surface area contributed by atoms with Crippen molar-refractivity contribution in [2.45, 2.75) is 33.8 Å². The Morgan fingerprint density at radius 1 is 0.741 bits per heavy atom. The number of benzene rings is 3. The van der Waals surface area contributed by atoms with Gasteiger partial charge in [-0.3, -0.25) is 4.79 Å². The highest BCUT2D eigenvalue weighted by molar-refractivity contribution is 5.76. The molecule has 3 heteroatoms. The third-order valence-electron chi connectivity index (χ3n) is 4.47. The summed E-state index contributed by atoms with van der Waals surface area (Å²) in [6, 6.07) is 25.1. The van der Waals surface area contributed by atoms with Crippen molar-refractivity contribution >= 4 is 23.0 Å². The van der Waals surface area contributed by atoms with E-state index in [1.54, 1.807) is 6.92 Å². The van der Waals surface area contributed by atoms with Crippen LogP contribution in [0.5, 0.6) is 0 Å². The first-order valence-corrected chi connectivity index (χ1v) is 9.25. The van der Waals surface area contributed by atoms with Crippen LogP contribution in [0.25, 0.3) is 0 Å². The number of ether oxygens (including phenoxy) is 1. The summed E-state index contributed by atoms with van der Waals surface area (Å²) < 4.78 is 5.22. The van der Waals surface area contributed by atoms with E-state index < -0.39 is 0 Å². The highest BCUT2D eigenvalue weighted by Crippen LogP contribution is 2.34. The van der Waals surface area contributed by atoms with Gasteiger partial charge in [-0.15, -0.1) is 0 Å². The molecule has 0 spiro atoms. The standard InChI is InChI=1S/C24H25NO2/c1-4-24(26)27-17-20-9-15-23(16-10-20)25(21-11-5-18(2)6-12-21)22-13-7-19(3)8-14-22/h5-16H,4,17H2,1-3H3. The summed E-state index contributed by atoms with van der Waals surface area (Å²) in [4.78, 5) is 13.6. The van der Waals surface area contributed by atoms with E-state index in [2.05, 4.69) is 79.4 Å². The van der Waals surface area contributed by atoms with Crippen LogP contribution in [0.2, 0.25) is 0 Å². The lowest BCUT2D eigenvalue weighted by atomic mass is 10.1. The molecule has 3 aromatic rings. The number of rotatable bonds is 6. The first-order chi connectivity index (χ1) is 13.1. The predicted molar refractivity (Wildman–Crippen MR) is 111 cm³/mol. The monoisotopic (exact) mass is 359 g/mol. The zero-order valence-corrected chi connectivity index (χ0v) is 16.1. The van der Waals surface area contributed by atoms with Crippen molar-refractivity contribution in [1.29, 1.82) is 0 Å². The number of esters is 1. The fourth-order valence-corrected chi connectivity index (χ4v) is 2.84.